The van der Waals surface area contributed by atoms with Crippen molar-refractivity contribution in [2.45, 2.75) is 20.4 Å². The Morgan fingerprint density at radius 2 is 1.86 bits per heavy atom. The van der Waals surface area contributed by atoms with Crippen LogP contribution in [-0.4, -0.2) is 45.2 Å². The zero-order valence-corrected chi connectivity index (χ0v) is 13.6. The molecule has 0 aliphatic carbocycles. The van der Waals surface area contributed by atoms with Crippen molar-refractivity contribution >= 4 is 11.9 Å². The summed E-state index contributed by atoms with van der Waals surface area (Å²) >= 11 is 0. The van der Waals surface area contributed by atoms with Gasteiger partial charge in [0.1, 0.15) is 0 Å². The van der Waals surface area contributed by atoms with E-state index < -0.39 is 0 Å². The standard InChI is InChI=1S/C16H26N4O2/c1-4-18-15(21)14-8-6-13(7-9-14)12-20-16(17-3)19-10-11-22-5-2/h6-9H,4-5,10-12H2,1-3H3,(H,18,21)(H2,17,19,20). The summed E-state index contributed by atoms with van der Waals surface area (Å²) < 4.78 is 5.26. The van der Waals surface area contributed by atoms with Gasteiger partial charge < -0.3 is 20.7 Å². The van der Waals surface area contributed by atoms with Crippen molar-refractivity contribution in [2.24, 2.45) is 4.99 Å². The van der Waals surface area contributed by atoms with Crippen molar-refractivity contribution in [3.8, 4) is 0 Å². The van der Waals surface area contributed by atoms with Crippen LogP contribution in [0.25, 0.3) is 0 Å². The van der Waals surface area contributed by atoms with Gasteiger partial charge in [0, 0.05) is 38.9 Å². The third kappa shape index (κ3) is 6.58. The average Bonchev–Trinajstić information content (AvgIpc) is 2.55. The van der Waals surface area contributed by atoms with E-state index in [9.17, 15) is 4.79 Å². The van der Waals surface area contributed by atoms with Crippen molar-refractivity contribution in [2.75, 3.05) is 33.4 Å². The molecule has 6 heteroatoms. The molecule has 0 aliphatic rings. The van der Waals surface area contributed by atoms with E-state index in [0.29, 0.717) is 38.4 Å². The third-order valence-corrected chi connectivity index (χ3v) is 2.98. The fourth-order valence-electron chi connectivity index (χ4n) is 1.83. The predicted molar refractivity (Wildman–Crippen MR) is 89.1 cm³/mol. The second-order valence-corrected chi connectivity index (χ2v) is 4.61. The monoisotopic (exact) mass is 306 g/mol. The molecule has 0 heterocycles. The lowest BCUT2D eigenvalue weighted by molar-refractivity contribution is 0.0956. The first-order valence-electron chi connectivity index (χ1n) is 7.60. The lowest BCUT2D eigenvalue weighted by Crippen LogP contribution is -2.38. The first-order chi connectivity index (χ1) is 10.7. The highest BCUT2D eigenvalue weighted by Gasteiger charge is 2.04. The zero-order chi connectivity index (χ0) is 16.2. The average molecular weight is 306 g/mol. The highest BCUT2D eigenvalue weighted by Crippen LogP contribution is 2.04. The fourth-order valence-corrected chi connectivity index (χ4v) is 1.83. The van der Waals surface area contributed by atoms with E-state index in [1.807, 2.05) is 38.1 Å². The second kappa shape index (κ2) is 10.6. The van der Waals surface area contributed by atoms with Gasteiger partial charge in [0.05, 0.1) is 6.61 Å². The second-order valence-electron chi connectivity index (χ2n) is 4.61. The minimum Gasteiger partial charge on any atom is -0.380 e. The normalized spacial score (nSPS) is 11.1. The Balaban J connectivity index is 2.41. The van der Waals surface area contributed by atoms with Crippen LogP contribution in [0.5, 0.6) is 0 Å². The summed E-state index contributed by atoms with van der Waals surface area (Å²) in [5.41, 5.74) is 1.76. The highest BCUT2D eigenvalue weighted by molar-refractivity contribution is 5.94. The molecule has 0 atom stereocenters. The summed E-state index contributed by atoms with van der Waals surface area (Å²) in [4.78, 5) is 15.8. The number of aliphatic imine (C=N–C) groups is 1. The number of carbonyl (C=O) groups is 1. The van der Waals surface area contributed by atoms with Crippen molar-refractivity contribution in [1.82, 2.24) is 16.0 Å². The molecule has 0 fully saturated rings. The molecule has 22 heavy (non-hydrogen) atoms. The third-order valence-electron chi connectivity index (χ3n) is 2.98. The van der Waals surface area contributed by atoms with E-state index in [1.165, 1.54) is 0 Å². The number of guanidine groups is 1. The van der Waals surface area contributed by atoms with Crippen LogP contribution in [0.15, 0.2) is 29.3 Å². The van der Waals surface area contributed by atoms with Crippen molar-refractivity contribution in [1.29, 1.82) is 0 Å². The summed E-state index contributed by atoms with van der Waals surface area (Å²) in [6.07, 6.45) is 0. The largest absolute Gasteiger partial charge is 0.380 e. The smallest absolute Gasteiger partial charge is 0.251 e. The van der Waals surface area contributed by atoms with Gasteiger partial charge in [-0.05, 0) is 31.5 Å². The Labute approximate surface area is 132 Å². The van der Waals surface area contributed by atoms with Gasteiger partial charge in [-0.2, -0.15) is 0 Å². The van der Waals surface area contributed by atoms with E-state index in [4.69, 9.17) is 4.74 Å². The van der Waals surface area contributed by atoms with Crippen LogP contribution in [0.1, 0.15) is 29.8 Å². The lowest BCUT2D eigenvalue weighted by atomic mass is 10.1. The maximum atomic E-state index is 11.7. The molecule has 0 aliphatic heterocycles. The summed E-state index contributed by atoms with van der Waals surface area (Å²) in [6, 6.07) is 7.52. The quantitative estimate of drug-likeness (QED) is 0.382. The minimum absolute atomic E-state index is 0.0459. The minimum atomic E-state index is -0.0459. The Morgan fingerprint density at radius 3 is 2.45 bits per heavy atom. The molecule has 0 saturated heterocycles. The van der Waals surface area contributed by atoms with E-state index in [2.05, 4.69) is 20.9 Å². The molecule has 1 amide bonds. The Kier molecular flexibility index (Phi) is 8.67. The van der Waals surface area contributed by atoms with Crippen molar-refractivity contribution < 1.29 is 9.53 Å². The van der Waals surface area contributed by atoms with Gasteiger partial charge in [-0.25, -0.2) is 0 Å². The van der Waals surface area contributed by atoms with E-state index in [0.717, 1.165) is 11.5 Å². The molecule has 0 bridgehead atoms. The number of amides is 1. The summed E-state index contributed by atoms with van der Waals surface area (Å²) in [5, 5.41) is 9.17. The molecule has 0 spiro atoms. The van der Waals surface area contributed by atoms with E-state index in [-0.39, 0.29) is 5.91 Å². The van der Waals surface area contributed by atoms with Gasteiger partial charge >= 0.3 is 0 Å². The van der Waals surface area contributed by atoms with Crippen LogP contribution in [0.2, 0.25) is 0 Å². The Hall–Kier alpha value is -2.08. The van der Waals surface area contributed by atoms with E-state index >= 15 is 0 Å². The molecular weight excluding hydrogens is 280 g/mol. The molecule has 0 saturated carbocycles. The van der Waals surface area contributed by atoms with Crippen molar-refractivity contribution in [3.63, 3.8) is 0 Å². The summed E-state index contributed by atoms with van der Waals surface area (Å²) in [6.45, 7) is 7.22. The van der Waals surface area contributed by atoms with Crippen LogP contribution in [-0.2, 0) is 11.3 Å². The van der Waals surface area contributed by atoms with Crippen molar-refractivity contribution in [3.05, 3.63) is 35.4 Å². The number of benzene rings is 1. The molecule has 122 valence electrons. The number of hydrogen-bond acceptors (Lipinski definition) is 3. The summed E-state index contributed by atoms with van der Waals surface area (Å²) in [7, 11) is 1.73. The SMILES string of the molecule is CCNC(=O)c1ccc(CNC(=NC)NCCOCC)cc1. The molecule has 3 N–H and O–H groups in total. The fraction of sp³-hybridized carbons (Fsp3) is 0.500. The van der Waals surface area contributed by atoms with Gasteiger partial charge in [0.2, 0.25) is 0 Å². The predicted octanol–water partition coefficient (Wildman–Crippen LogP) is 1.14. The number of carbonyl (C=O) groups excluding carboxylic acids is 1. The van der Waals surface area contributed by atoms with Gasteiger partial charge in [-0.15, -0.1) is 0 Å². The molecule has 6 nitrogen and oxygen atoms in total. The summed E-state index contributed by atoms with van der Waals surface area (Å²) in [5.74, 6) is 0.683. The molecule has 0 radical (unpaired) electrons. The molecule has 0 aromatic heterocycles. The first-order valence-corrected chi connectivity index (χ1v) is 7.60. The maximum absolute atomic E-state index is 11.7. The number of ether oxygens (including phenoxy) is 1. The topological polar surface area (TPSA) is 74.8 Å². The molecular formula is C16H26N4O2. The number of rotatable bonds is 8. The highest BCUT2D eigenvalue weighted by atomic mass is 16.5. The molecule has 0 unspecified atom stereocenters. The van der Waals surface area contributed by atoms with Gasteiger partial charge in [-0.3, -0.25) is 9.79 Å². The number of nitrogens with one attached hydrogen (secondary N) is 3. The first kappa shape index (κ1) is 18.0. The Morgan fingerprint density at radius 1 is 1.14 bits per heavy atom. The molecule has 1 aromatic carbocycles. The van der Waals surface area contributed by atoms with Gasteiger partial charge in [0.25, 0.3) is 5.91 Å². The van der Waals surface area contributed by atoms with E-state index in [1.54, 1.807) is 7.05 Å². The van der Waals surface area contributed by atoms with Crippen LogP contribution >= 0.6 is 0 Å². The molecule has 1 rings (SSSR count). The van der Waals surface area contributed by atoms with Gasteiger partial charge in [-0.1, -0.05) is 12.1 Å². The Bertz CT molecular complexity index is 472. The van der Waals surface area contributed by atoms with Crippen LogP contribution in [0.4, 0.5) is 0 Å². The van der Waals surface area contributed by atoms with Crippen LogP contribution < -0.4 is 16.0 Å². The van der Waals surface area contributed by atoms with Crippen LogP contribution in [0.3, 0.4) is 0 Å². The van der Waals surface area contributed by atoms with Crippen LogP contribution in [0, 0.1) is 0 Å². The van der Waals surface area contributed by atoms with Gasteiger partial charge in [0.15, 0.2) is 5.96 Å². The maximum Gasteiger partial charge on any atom is 0.251 e. The number of hydrogen-bond donors (Lipinski definition) is 3. The number of nitrogens with zero attached hydrogens (tertiary/aromatic N) is 1. The molecule has 1 aromatic rings. The lowest BCUT2D eigenvalue weighted by Gasteiger charge is -2.12. The zero-order valence-electron chi connectivity index (χ0n) is 13.6.